The maximum Gasteiger partial charge on any atom is 0.147 e. The van der Waals surface area contributed by atoms with Gasteiger partial charge in [-0.3, -0.25) is 4.98 Å². The molecule has 2 heterocycles. The summed E-state index contributed by atoms with van der Waals surface area (Å²) >= 11 is 0. The first-order valence-corrected chi connectivity index (χ1v) is 7.58. The highest BCUT2D eigenvalue weighted by Crippen LogP contribution is 2.29. The van der Waals surface area contributed by atoms with Crippen molar-refractivity contribution in [1.29, 1.82) is 0 Å². The first-order valence-electron chi connectivity index (χ1n) is 7.58. The third-order valence-corrected chi connectivity index (χ3v) is 4.35. The topological polar surface area (TPSA) is 55.0 Å². The van der Waals surface area contributed by atoms with E-state index in [1.807, 2.05) is 36.5 Å². The maximum atomic E-state index is 6.36. The molecular weight excluding hydrogens is 272 g/mol. The van der Waals surface area contributed by atoms with E-state index < -0.39 is 0 Å². The monoisotopic (exact) mass is 290 g/mol. The highest BCUT2D eigenvalue weighted by atomic mass is 15.2. The van der Waals surface area contributed by atoms with Crippen LogP contribution in [0.3, 0.4) is 0 Å². The fourth-order valence-electron chi connectivity index (χ4n) is 3.17. The van der Waals surface area contributed by atoms with Gasteiger partial charge in [-0.05, 0) is 17.7 Å². The normalized spacial score (nSPS) is 21.4. The van der Waals surface area contributed by atoms with E-state index in [9.17, 15) is 0 Å². The summed E-state index contributed by atoms with van der Waals surface area (Å²) in [6.45, 7) is 1.70. The van der Waals surface area contributed by atoms with Gasteiger partial charge >= 0.3 is 0 Å². The minimum absolute atomic E-state index is 0.121. The summed E-state index contributed by atoms with van der Waals surface area (Å²) in [5.41, 5.74) is 9.51. The predicted molar refractivity (Wildman–Crippen MR) is 88.9 cm³/mol. The summed E-state index contributed by atoms with van der Waals surface area (Å²) in [7, 11) is 0. The molecule has 1 aromatic heterocycles. The summed E-state index contributed by atoms with van der Waals surface area (Å²) in [6.07, 6.45) is 1.85. The van der Waals surface area contributed by atoms with Crippen LogP contribution in [0, 0.1) is 0 Å². The summed E-state index contributed by atoms with van der Waals surface area (Å²) in [4.78, 5) is 11.5. The van der Waals surface area contributed by atoms with Gasteiger partial charge in [-0.25, -0.2) is 4.98 Å². The van der Waals surface area contributed by atoms with Crippen LogP contribution in [0.2, 0.25) is 0 Å². The molecule has 0 unspecified atom stereocenters. The second-order valence-electron chi connectivity index (χ2n) is 5.80. The van der Waals surface area contributed by atoms with Crippen LogP contribution in [0.25, 0.3) is 11.0 Å². The number of hydrogen-bond donors (Lipinski definition) is 1. The van der Waals surface area contributed by atoms with Gasteiger partial charge in [-0.15, -0.1) is 0 Å². The van der Waals surface area contributed by atoms with E-state index >= 15 is 0 Å². The third-order valence-electron chi connectivity index (χ3n) is 4.35. The molecule has 4 nitrogen and oxygen atoms in total. The van der Waals surface area contributed by atoms with Crippen LogP contribution in [0.15, 0.2) is 60.8 Å². The third kappa shape index (κ3) is 2.31. The Kier molecular flexibility index (Phi) is 3.24. The van der Waals surface area contributed by atoms with E-state index in [0.29, 0.717) is 5.92 Å². The Morgan fingerprint density at radius 1 is 0.909 bits per heavy atom. The molecule has 1 saturated heterocycles. The van der Waals surface area contributed by atoms with Gasteiger partial charge in [-0.2, -0.15) is 0 Å². The molecule has 2 N–H and O–H groups in total. The van der Waals surface area contributed by atoms with Crippen LogP contribution in [-0.2, 0) is 0 Å². The fourth-order valence-corrected chi connectivity index (χ4v) is 3.17. The molecule has 0 aliphatic carbocycles. The maximum absolute atomic E-state index is 6.36. The van der Waals surface area contributed by atoms with Crippen LogP contribution in [0.5, 0.6) is 0 Å². The van der Waals surface area contributed by atoms with Gasteiger partial charge in [0.15, 0.2) is 0 Å². The molecule has 2 aromatic carbocycles. The number of rotatable bonds is 2. The Morgan fingerprint density at radius 3 is 2.45 bits per heavy atom. The smallest absolute Gasteiger partial charge is 0.147 e. The molecule has 110 valence electrons. The number of para-hydroxylation sites is 2. The molecule has 0 saturated carbocycles. The molecule has 1 aliphatic heterocycles. The lowest BCUT2D eigenvalue weighted by Crippen LogP contribution is -2.29. The molecule has 1 fully saturated rings. The largest absolute Gasteiger partial charge is 0.353 e. The van der Waals surface area contributed by atoms with Gasteiger partial charge in [0.05, 0.1) is 17.2 Å². The van der Waals surface area contributed by atoms with Gasteiger partial charge in [0.1, 0.15) is 5.82 Å². The molecule has 0 spiro atoms. The van der Waals surface area contributed by atoms with Crippen LogP contribution in [-0.4, -0.2) is 29.1 Å². The number of benzene rings is 2. The number of hydrogen-bond acceptors (Lipinski definition) is 4. The van der Waals surface area contributed by atoms with Gasteiger partial charge in [0.2, 0.25) is 0 Å². The van der Waals surface area contributed by atoms with Crippen molar-refractivity contribution in [3.8, 4) is 0 Å². The molecular formula is C18H18N4. The van der Waals surface area contributed by atoms with Crippen LogP contribution < -0.4 is 10.6 Å². The molecule has 2 atom stereocenters. The average molecular weight is 290 g/mol. The summed E-state index contributed by atoms with van der Waals surface area (Å²) in [6, 6.07) is 18.6. The minimum atomic E-state index is 0.121. The zero-order valence-electron chi connectivity index (χ0n) is 12.3. The lowest BCUT2D eigenvalue weighted by Gasteiger charge is -2.17. The van der Waals surface area contributed by atoms with Crippen LogP contribution in [0.1, 0.15) is 11.5 Å². The Labute approximate surface area is 129 Å². The van der Waals surface area contributed by atoms with E-state index in [-0.39, 0.29) is 6.04 Å². The van der Waals surface area contributed by atoms with Crippen molar-refractivity contribution >= 4 is 16.9 Å². The second kappa shape index (κ2) is 5.39. The van der Waals surface area contributed by atoms with Crippen LogP contribution >= 0.6 is 0 Å². The molecule has 0 amide bonds. The lowest BCUT2D eigenvalue weighted by atomic mass is 9.95. The zero-order chi connectivity index (χ0) is 14.9. The average Bonchev–Trinajstić information content (AvgIpc) is 2.97. The Hall–Kier alpha value is -2.46. The number of nitrogens with zero attached hydrogens (tertiary/aromatic N) is 3. The van der Waals surface area contributed by atoms with Crippen molar-refractivity contribution in [2.45, 2.75) is 12.0 Å². The van der Waals surface area contributed by atoms with Crippen molar-refractivity contribution in [2.24, 2.45) is 5.73 Å². The molecule has 0 bridgehead atoms. The quantitative estimate of drug-likeness (QED) is 0.788. The van der Waals surface area contributed by atoms with Gasteiger partial charge in [0, 0.05) is 25.0 Å². The molecule has 3 aromatic rings. The molecule has 4 rings (SSSR count). The fraction of sp³-hybridized carbons (Fsp3) is 0.222. The number of aromatic nitrogens is 2. The van der Waals surface area contributed by atoms with E-state index in [4.69, 9.17) is 10.7 Å². The van der Waals surface area contributed by atoms with Crippen molar-refractivity contribution in [2.75, 3.05) is 18.0 Å². The first kappa shape index (κ1) is 13.2. The van der Waals surface area contributed by atoms with E-state index in [0.717, 1.165) is 29.9 Å². The Balaban J connectivity index is 1.63. The Morgan fingerprint density at radius 2 is 1.64 bits per heavy atom. The van der Waals surface area contributed by atoms with Gasteiger partial charge < -0.3 is 10.6 Å². The number of fused-ring (bicyclic) bond motifs is 1. The Bertz CT molecular complexity index is 787. The van der Waals surface area contributed by atoms with Crippen molar-refractivity contribution < 1.29 is 0 Å². The molecule has 0 radical (unpaired) electrons. The highest BCUT2D eigenvalue weighted by Gasteiger charge is 2.32. The zero-order valence-corrected chi connectivity index (χ0v) is 12.3. The number of nitrogens with two attached hydrogens (primary N) is 1. The molecule has 22 heavy (non-hydrogen) atoms. The second-order valence-corrected chi connectivity index (χ2v) is 5.80. The summed E-state index contributed by atoms with van der Waals surface area (Å²) in [5.74, 6) is 1.25. The van der Waals surface area contributed by atoms with Crippen molar-refractivity contribution in [1.82, 2.24) is 9.97 Å². The van der Waals surface area contributed by atoms with Gasteiger partial charge in [0.25, 0.3) is 0 Å². The predicted octanol–water partition coefficient (Wildman–Crippen LogP) is 2.56. The van der Waals surface area contributed by atoms with Gasteiger partial charge in [-0.1, -0.05) is 42.5 Å². The number of anilines is 1. The minimum Gasteiger partial charge on any atom is -0.353 e. The standard InChI is InChI=1S/C18H18N4/c19-15-12-22(11-14(15)13-6-2-1-3-7-13)18-10-20-16-8-4-5-9-17(16)21-18/h1-10,14-15H,11-12,19H2/t14-,15+/m1/s1. The van der Waals surface area contributed by atoms with Crippen LogP contribution in [0.4, 0.5) is 5.82 Å². The van der Waals surface area contributed by atoms with Crippen molar-refractivity contribution in [3.05, 3.63) is 66.4 Å². The first-order chi connectivity index (χ1) is 10.8. The van der Waals surface area contributed by atoms with Crippen molar-refractivity contribution in [3.63, 3.8) is 0 Å². The molecule has 1 aliphatic rings. The van der Waals surface area contributed by atoms with E-state index in [1.165, 1.54) is 5.56 Å². The van der Waals surface area contributed by atoms with E-state index in [1.54, 1.807) is 0 Å². The lowest BCUT2D eigenvalue weighted by molar-refractivity contribution is 0.653. The summed E-state index contributed by atoms with van der Waals surface area (Å²) < 4.78 is 0. The highest BCUT2D eigenvalue weighted by molar-refractivity contribution is 5.75. The SMILES string of the molecule is N[C@H]1CN(c2cnc3ccccc3n2)C[C@@H]1c1ccccc1. The summed E-state index contributed by atoms with van der Waals surface area (Å²) in [5, 5.41) is 0. The van der Waals surface area contributed by atoms with E-state index in [2.05, 4.69) is 34.1 Å². The molecule has 4 heteroatoms.